The SMILES string of the molecule is O=C(/C=C/c1cccc(Cl)c1Cl)c1cccc(Cl)c1. The van der Waals surface area contributed by atoms with Crippen LogP contribution >= 0.6 is 34.8 Å². The average Bonchev–Trinajstić information content (AvgIpc) is 2.40. The summed E-state index contributed by atoms with van der Waals surface area (Å²) in [6, 6.07) is 12.0. The number of carbonyl (C=O) groups is 1. The summed E-state index contributed by atoms with van der Waals surface area (Å²) < 4.78 is 0. The van der Waals surface area contributed by atoms with Gasteiger partial charge in [0.15, 0.2) is 5.78 Å². The number of allylic oxidation sites excluding steroid dienone is 1. The Labute approximate surface area is 126 Å². The Kier molecular flexibility index (Phi) is 4.65. The highest BCUT2D eigenvalue weighted by molar-refractivity contribution is 6.43. The van der Waals surface area contributed by atoms with E-state index in [1.165, 1.54) is 6.08 Å². The molecule has 0 bridgehead atoms. The van der Waals surface area contributed by atoms with Gasteiger partial charge in [0.05, 0.1) is 10.0 Å². The molecule has 2 aromatic rings. The van der Waals surface area contributed by atoms with Crippen LogP contribution < -0.4 is 0 Å². The van der Waals surface area contributed by atoms with Gasteiger partial charge in [0.25, 0.3) is 0 Å². The van der Waals surface area contributed by atoms with Gasteiger partial charge < -0.3 is 0 Å². The lowest BCUT2D eigenvalue weighted by Gasteiger charge is -2.00. The van der Waals surface area contributed by atoms with Crippen LogP contribution in [0.15, 0.2) is 48.5 Å². The van der Waals surface area contributed by atoms with Crippen molar-refractivity contribution in [2.24, 2.45) is 0 Å². The first kappa shape index (κ1) is 14.1. The quantitative estimate of drug-likeness (QED) is 0.537. The Morgan fingerprint density at radius 1 is 1.00 bits per heavy atom. The number of hydrogen-bond acceptors (Lipinski definition) is 1. The predicted octanol–water partition coefficient (Wildman–Crippen LogP) is 5.54. The van der Waals surface area contributed by atoms with E-state index in [0.717, 1.165) is 0 Å². The molecular formula is C15H9Cl3O. The fourth-order valence-corrected chi connectivity index (χ4v) is 2.11. The fourth-order valence-electron chi connectivity index (χ4n) is 1.55. The monoisotopic (exact) mass is 310 g/mol. The molecule has 96 valence electrons. The Bertz CT molecular complexity index is 648. The largest absolute Gasteiger partial charge is 0.289 e. The van der Waals surface area contributed by atoms with Gasteiger partial charge >= 0.3 is 0 Å². The number of rotatable bonds is 3. The third-order valence-corrected chi connectivity index (χ3v) is 3.57. The molecule has 0 atom stereocenters. The van der Waals surface area contributed by atoms with E-state index >= 15 is 0 Å². The van der Waals surface area contributed by atoms with Gasteiger partial charge in [-0.1, -0.05) is 59.1 Å². The fraction of sp³-hybridized carbons (Fsp3) is 0. The summed E-state index contributed by atoms with van der Waals surface area (Å²) >= 11 is 17.8. The molecule has 2 aromatic carbocycles. The first-order chi connectivity index (χ1) is 9.08. The van der Waals surface area contributed by atoms with Crippen molar-refractivity contribution in [2.45, 2.75) is 0 Å². The molecule has 0 aliphatic heterocycles. The van der Waals surface area contributed by atoms with Gasteiger partial charge in [0, 0.05) is 10.6 Å². The van der Waals surface area contributed by atoms with Gasteiger partial charge in [0.1, 0.15) is 0 Å². The summed E-state index contributed by atoms with van der Waals surface area (Å²) in [6.45, 7) is 0. The zero-order valence-corrected chi connectivity index (χ0v) is 12.0. The van der Waals surface area contributed by atoms with Gasteiger partial charge in [-0.15, -0.1) is 0 Å². The average molecular weight is 312 g/mol. The normalized spacial score (nSPS) is 10.9. The Hall–Kier alpha value is -1.28. The predicted molar refractivity (Wildman–Crippen MR) is 81.3 cm³/mol. The number of carbonyl (C=O) groups excluding carboxylic acids is 1. The van der Waals surface area contributed by atoms with E-state index in [2.05, 4.69) is 0 Å². The third-order valence-electron chi connectivity index (χ3n) is 2.50. The first-order valence-electron chi connectivity index (χ1n) is 5.50. The molecule has 0 unspecified atom stereocenters. The van der Waals surface area contributed by atoms with E-state index in [9.17, 15) is 4.79 Å². The molecule has 1 nitrogen and oxygen atoms in total. The first-order valence-corrected chi connectivity index (χ1v) is 6.63. The summed E-state index contributed by atoms with van der Waals surface area (Å²) in [5.74, 6) is -0.140. The van der Waals surface area contributed by atoms with Crippen molar-refractivity contribution in [1.82, 2.24) is 0 Å². The number of ketones is 1. The molecule has 2 rings (SSSR count). The highest BCUT2D eigenvalue weighted by atomic mass is 35.5. The minimum absolute atomic E-state index is 0.140. The Morgan fingerprint density at radius 2 is 1.74 bits per heavy atom. The summed E-state index contributed by atoms with van der Waals surface area (Å²) in [4.78, 5) is 11.9. The van der Waals surface area contributed by atoms with Crippen molar-refractivity contribution in [3.63, 3.8) is 0 Å². The van der Waals surface area contributed by atoms with Gasteiger partial charge in [-0.25, -0.2) is 0 Å². The van der Waals surface area contributed by atoms with Crippen molar-refractivity contribution >= 4 is 46.7 Å². The minimum atomic E-state index is -0.140. The van der Waals surface area contributed by atoms with Crippen LogP contribution in [-0.2, 0) is 0 Å². The Balaban J connectivity index is 2.23. The molecule has 0 N–H and O–H groups in total. The van der Waals surface area contributed by atoms with Crippen LogP contribution in [0.3, 0.4) is 0 Å². The van der Waals surface area contributed by atoms with Crippen LogP contribution in [0.25, 0.3) is 6.08 Å². The molecule has 0 saturated heterocycles. The van der Waals surface area contributed by atoms with Crippen molar-refractivity contribution in [1.29, 1.82) is 0 Å². The van der Waals surface area contributed by atoms with Gasteiger partial charge in [-0.3, -0.25) is 4.79 Å². The molecule has 0 amide bonds. The smallest absolute Gasteiger partial charge is 0.185 e. The van der Waals surface area contributed by atoms with Crippen LogP contribution in [0.4, 0.5) is 0 Å². The zero-order valence-electron chi connectivity index (χ0n) is 9.74. The zero-order chi connectivity index (χ0) is 13.8. The molecule has 0 aliphatic rings. The van der Waals surface area contributed by atoms with E-state index in [-0.39, 0.29) is 5.78 Å². The summed E-state index contributed by atoms with van der Waals surface area (Å²) in [6.07, 6.45) is 3.08. The standard InChI is InChI=1S/C15H9Cl3O/c16-12-5-1-4-11(9-12)14(19)8-7-10-3-2-6-13(17)15(10)18/h1-9H/b8-7+. The van der Waals surface area contributed by atoms with Crippen LogP contribution in [0.2, 0.25) is 15.1 Å². The van der Waals surface area contributed by atoms with Crippen molar-refractivity contribution < 1.29 is 4.79 Å². The molecule has 19 heavy (non-hydrogen) atoms. The molecule has 0 spiro atoms. The second-order valence-electron chi connectivity index (χ2n) is 3.85. The topological polar surface area (TPSA) is 17.1 Å². The maximum Gasteiger partial charge on any atom is 0.185 e. The Morgan fingerprint density at radius 3 is 2.47 bits per heavy atom. The lowest BCUT2D eigenvalue weighted by atomic mass is 10.1. The second-order valence-corrected chi connectivity index (χ2v) is 5.07. The highest BCUT2D eigenvalue weighted by Crippen LogP contribution is 2.26. The summed E-state index contributed by atoms with van der Waals surface area (Å²) in [5.41, 5.74) is 1.23. The molecular weight excluding hydrogens is 303 g/mol. The van der Waals surface area contributed by atoms with E-state index in [1.807, 2.05) is 0 Å². The van der Waals surface area contributed by atoms with Crippen molar-refractivity contribution in [3.8, 4) is 0 Å². The van der Waals surface area contributed by atoms with E-state index in [0.29, 0.717) is 26.2 Å². The molecule has 0 radical (unpaired) electrons. The minimum Gasteiger partial charge on any atom is -0.289 e. The van der Waals surface area contributed by atoms with E-state index in [1.54, 1.807) is 48.5 Å². The number of benzene rings is 2. The highest BCUT2D eigenvalue weighted by Gasteiger charge is 2.04. The van der Waals surface area contributed by atoms with Crippen LogP contribution in [-0.4, -0.2) is 5.78 Å². The molecule has 0 fully saturated rings. The van der Waals surface area contributed by atoms with Crippen molar-refractivity contribution in [2.75, 3.05) is 0 Å². The molecule has 0 saturated carbocycles. The van der Waals surface area contributed by atoms with Gasteiger partial charge in [-0.2, -0.15) is 0 Å². The lowest BCUT2D eigenvalue weighted by Crippen LogP contribution is -1.93. The number of hydrogen-bond donors (Lipinski definition) is 0. The van der Waals surface area contributed by atoms with Crippen LogP contribution in [0.5, 0.6) is 0 Å². The molecule has 0 aliphatic carbocycles. The second kappa shape index (κ2) is 6.25. The van der Waals surface area contributed by atoms with Crippen LogP contribution in [0.1, 0.15) is 15.9 Å². The maximum absolute atomic E-state index is 11.9. The molecule has 0 aromatic heterocycles. The summed E-state index contributed by atoms with van der Waals surface area (Å²) in [7, 11) is 0. The third kappa shape index (κ3) is 3.60. The molecule has 4 heteroatoms. The molecule has 0 heterocycles. The van der Waals surface area contributed by atoms with Gasteiger partial charge in [-0.05, 0) is 35.9 Å². The number of halogens is 3. The maximum atomic E-state index is 11.9. The van der Waals surface area contributed by atoms with Crippen molar-refractivity contribution in [3.05, 3.63) is 74.7 Å². The van der Waals surface area contributed by atoms with E-state index in [4.69, 9.17) is 34.8 Å². The van der Waals surface area contributed by atoms with Gasteiger partial charge in [0.2, 0.25) is 0 Å². The summed E-state index contributed by atoms with van der Waals surface area (Å²) in [5, 5.41) is 1.42. The van der Waals surface area contributed by atoms with E-state index < -0.39 is 0 Å². The lowest BCUT2D eigenvalue weighted by molar-refractivity contribution is 0.104. The van der Waals surface area contributed by atoms with Crippen LogP contribution in [0, 0.1) is 0 Å².